The molecule has 0 unspecified atom stereocenters. The summed E-state index contributed by atoms with van der Waals surface area (Å²) >= 11 is 3.01. The fourth-order valence-electron chi connectivity index (χ4n) is 3.48. The standard InChI is InChI=1S/C23H16FN3OS2/c1-14-19(15-5-3-2-4-6-15)20-22(30-14)25-13-27(23(20)28)11-18-12-29-21(26-18)16-7-9-17(24)10-8-16/h2-10,12-13H,11H2,1H3. The Hall–Kier alpha value is -3.16. The lowest BCUT2D eigenvalue weighted by atomic mass is 10.0. The van der Waals surface area contributed by atoms with Gasteiger partial charge < -0.3 is 0 Å². The Morgan fingerprint density at radius 1 is 1.03 bits per heavy atom. The average molecular weight is 434 g/mol. The van der Waals surface area contributed by atoms with Gasteiger partial charge in [-0.25, -0.2) is 14.4 Å². The molecule has 0 atom stereocenters. The van der Waals surface area contributed by atoms with Crippen molar-refractivity contribution >= 4 is 32.9 Å². The number of aryl methyl sites for hydroxylation is 1. The minimum atomic E-state index is -0.276. The van der Waals surface area contributed by atoms with Gasteiger partial charge in [0.1, 0.15) is 15.7 Å². The molecule has 7 heteroatoms. The summed E-state index contributed by atoms with van der Waals surface area (Å²) < 4.78 is 14.8. The Morgan fingerprint density at radius 2 is 1.80 bits per heavy atom. The third-order valence-electron chi connectivity index (χ3n) is 4.89. The van der Waals surface area contributed by atoms with Crippen LogP contribution in [0.5, 0.6) is 0 Å². The number of benzene rings is 2. The number of fused-ring (bicyclic) bond motifs is 1. The van der Waals surface area contributed by atoms with Gasteiger partial charge in [-0.2, -0.15) is 0 Å². The largest absolute Gasteiger partial charge is 0.293 e. The maximum Gasteiger partial charge on any atom is 0.263 e. The van der Waals surface area contributed by atoms with E-state index in [-0.39, 0.29) is 11.4 Å². The van der Waals surface area contributed by atoms with E-state index in [0.717, 1.165) is 37.1 Å². The molecule has 0 aliphatic rings. The molecule has 0 aliphatic heterocycles. The van der Waals surface area contributed by atoms with E-state index in [4.69, 9.17) is 0 Å². The average Bonchev–Trinajstić information content (AvgIpc) is 3.35. The van der Waals surface area contributed by atoms with Crippen molar-refractivity contribution < 1.29 is 4.39 Å². The second-order valence-corrected chi connectivity index (χ2v) is 8.97. The number of rotatable bonds is 4. The number of hydrogen-bond donors (Lipinski definition) is 0. The molecule has 5 rings (SSSR count). The molecule has 0 bridgehead atoms. The smallest absolute Gasteiger partial charge is 0.263 e. The zero-order valence-corrected chi connectivity index (χ0v) is 17.6. The van der Waals surface area contributed by atoms with Crippen molar-refractivity contribution in [2.75, 3.05) is 0 Å². The van der Waals surface area contributed by atoms with Crippen molar-refractivity contribution in [3.8, 4) is 21.7 Å². The summed E-state index contributed by atoms with van der Waals surface area (Å²) in [4.78, 5) is 24.3. The van der Waals surface area contributed by atoms with E-state index >= 15 is 0 Å². The first-order valence-corrected chi connectivity index (χ1v) is 11.0. The lowest BCUT2D eigenvalue weighted by molar-refractivity contribution is 0.628. The van der Waals surface area contributed by atoms with Crippen LogP contribution in [0.3, 0.4) is 0 Å². The minimum Gasteiger partial charge on any atom is -0.293 e. The second kappa shape index (κ2) is 7.59. The van der Waals surface area contributed by atoms with E-state index in [1.165, 1.54) is 34.8 Å². The SMILES string of the molecule is Cc1sc2ncn(Cc3csc(-c4ccc(F)cc4)n3)c(=O)c2c1-c1ccccc1. The molecule has 3 aromatic heterocycles. The summed E-state index contributed by atoms with van der Waals surface area (Å²) in [6.07, 6.45) is 1.59. The van der Waals surface area contributed by atoms with E-state index in [2.05, 4.69) is 9.97 Å². The van der Waals surface area contributed by atoms with Crippen LogP contribution in [-0.4, -0.2) is 14.5 Å². The molecule has 148 valence electrons. The molecule has 0 radical (unpaired) electrons. The van der Waals surface area contributed by atoms with Gasteiger partial charge in [-0.15, -0.1) is 22.7 Å². The summed E-state index contributed by atoms with van der Waals surface area (Å²) in [5.41, 5.74) is 3.53. The maximum absolute atomic E-state index is 13.3. The molecular weight excluding hydrogens is 417 g/mol. The predicted octanol–water partition coefficient (Wildman–Crippen LogP) is 5.74. The Balaban J connectivity index is 1.54. The first-order valence-electron chi connectivity index (χ1n) is 9.34. The first kappa shape index (κ1) is 18.8. The molecule has 30 heavy (non-hydrogen) atoms. The molecule has 3 heterocycles. The van der Waals surface area contributed by atoms with Gasteiger partial charge in [0.05, 0.1) is 24.0 Å². The third kappa shape index (κ3) is 3.36. The fourth-order valence-corrected chi connectivity index (χ4v) is 5.30. The number of aromatic nitrogens is 3. The topological polar surface area (TPSA) is 47.8 Å². The lowest BCUT2D eigenvalue weighted by Gasteiger charge is -2.05. The van der Waals surface area contributed by atoms with Gasteiger partial charge in [0.25, 0.3) is 5.56 Å². The molecule has 0 fully saturated rings. The third-order valence-corrected chi connectivity index (χ3v) is 6.85. The zero-order valence-electron chi connectivity index (χ0n) is 16.0. The quantitative estimate of drug-likeness (QED) is 0.363. The van der Waals surface area contributed by atoms with Gasteiger partial charge in [-0.1, -0.05) is 30.3 Å². The number of nitrogens with zero attached hydrogens (tertiary/aromatic N) is 3. The first-order chi connectivity index (χ1) is 14.6. The minimum absolute atomic E-state index is 0.0699. The van der Waals surface area contributed by atoms with Gasteiger partial charge >= 0.3 is 0 Å². The molecule has 2 aromatic carbocycles. The summed E-state index contributed by atoms with van der Waals surface area (Å²) in [6, 6.07) is 16.2. The van der Waals surface area contributed by atoms with Crippen LogP contribution in [0, 0.1) is 12.7 Å². The van der Waals surface area contributed by atoms with Gasteiger partial charge in [-0.3, -0.25) is 9.36 Å². The molecule has 0 N–H and O–H groups in total. The summed E-state index contributed by atoms with van der Waals surface area (Å²) in [5, 5.41) is 3.37. The molecule has 5 aromatic rings. The lowest BCUT2D eigenvalue weighted by Crippen LogP contribution is -2.21. The maximum atomic E-state index is 13.3. The van der Waals surface area contributed by atoms with Crippen LogP contribution in [0.15, 0.2) is 71.1 Å². The summed E-state index contributed by atoms with van der Waals surface area (Å²) in [6.45, 7) is 2.36. The highest BCUT2D eigenvalue weighted by Gasteiger charge is 2.17. The fraction of sp³-hybridized carbons (Fsp3) is 0.0870. The Kier molecular flexibility index (Phi) is 4.77. The van der Waals surface area contributed by atoms with Crippen molar-refractivity contribution in [1.82, 2.24) is 14.5 Å². The van der Waals surface area contributed by atoms with Crippen molar-refractivity contribution in [1.29, 1.82) is 0 Å². The van der Waals surface area contributed by atoms with Crippen LogP contribution < -0.4 is 5.56 Å². The van der Waals surface area contributed by atoms with E-state index in [9.17, 15) is 9.18 Å². The highest BCUT2D eigenvalue weighted by molar-refractivity contribution is 7.19. The van der Waals surface area contributed by atoms with Crippen LogP contribution >= 0.6 is 22.7 Å². The molecule has 0 spiro atoms. The van der Waals surface area contributed by atoms with Crippen molar-refractivity contribution in [3.63, 3.8) is 0 Å². The van der Waals surface area contributed by atoms with Gasteiger partial charge in [0.15, 0.2) is 0 Å². The molecule has 0 saturated carbocycles. The van der Waals surface area contributed by atoms with E-state index in [1.54, 1.807) is 23.0 Å². The predicted molar refractivity (Wildman–Crippen MR) is 121 cm³/mol. The highest BCUT2D eigenvalue weighted by atomic mass is 32.1. The number of hydrogen-bond acceptors (Lipinski definition) is 5. The number of thiophene rings is 1. The normalized spacial score (nSPS) is 11.3. The Morgan fingerprint density at radius 3 is 2.57 bits per heavy atom. The molecular formula is C23H16FN3OS2. The molecule has 4 nitrogen and oxygen atoms in total. The van der Waals surface area contributed by atoms with E-state index in [1.807, 2.05) is 42.6 Å². The van der Waals surface area contributed by atoms with Gasteiger partial charge in [0.2, 0.25) is 0 Å². The van der Waals surface area contributed by atoms with Crippen molar-refractivity contribution in [2.45, 2.75) is 13.5 Å². The molecule has 0 aliphatic carbocycles. The van der Waals surface area contributed by atoms with Crippen LogP contribution in [-0.2, 0) is 6.54 Å². The Labute approximate surface area is 179 Å². The van der Waals surface area contributed by atoms with Crippen LogP contribution in [0.2, 0.25) is 0 Å². The van der Waals surface area contributed by atoms with Crippen molar-refractivity contribution in [3.05, 3.63) is 93.0 Å². The van der Waals surface area contributed by atoms with E-state index < -0.39 is 0 Å². The number of halogens is 1. The van der Waals surface area contributed by atoms with Crippen molar-refractivity contribution in [2.24, 2.45) is 0 Å². The van der Waals surface area contributed by atoms with Gasteiger partial charge in [0, 0.05) is 21.4 Å². The van der Waals surface area contributed by atoms with Crippen LogP contribution in [0.25, 0.3) is 31.9 Å². The van der Waals surface area contributed by atoms with Crippen LogP contribution in [0.1, 0.15) is 10.6 Å². The van der Waals surface area contributed by atoms with Gasteiger partial charge in [-0.05, 0) is 36.8 Å². The van der Waals surface area contributed by atoms with Crippen LogP contribution in [0.4, 0.5) is 4.39 Å². The zero-order chi connectivity index (χ0) is 20.7. The monoisotopic (exact) mass is 433 g/mol. The van der Waals surface area contributed by atoms with E-state index in [0.29, 0.717) is 11.9 Å². The summed E-state index contributed by atoms with van der Waals surface area (Å²) in [5.74, 6) is -0.276. The molecule has 0 saturated heterocycles. The summed E-state index contributed by atoms with van der Waals surface area (Å²) in [7, 11) is 0. The second-order valence-electron chi connectivity index (χ2n) is 6.91. The molecule has 0 amide bonds. The highest BCUT2D eigenvalue weighted by Crippen LogP contribution is 2.35. The number of thiazole rings is 1. The Bertz CT molecular complexity index is 1400.